The van der Waals surface area contributed by atoms with Gasteiger partial charge < -0.3 is 15.0 Å². The molecule has 1 fully saturated rings. The highest BCUT2D eigenvalue weighted by molar-refractivity contribution is 7.92. The third-order valence-electron chi connectivity index (χ3n) is 8.31. The smallest absolute Gasteiger partial charge is 0.264 e. The van der Waals surface area contributed by atoms with Crippen LogP contribution in [0.2, 0.25) is 0 Å². The van der Waals surface area contributed by atoms with E-state index in [9.17, 15) is 18.0 Å². The quantitative estimate of drug-likeness (QED) is 0.246. The Kier molecular flexibility index (Phi) is 11.1. The Hall–Kier alpha value is -3.85. The van der Waals surface area contributed by atoms with Crippen LogP contribution in [0.1, 0.15) is 75.5 Å². The number of hydrogen-bond acceptors (Lipinski definition) is 5. The fourth-order valence-electron chi connectivity index (χ4n) is 5.65. The van der Waals surface area contributed by atoms with E-state index in [2.05, 4.69) is 19.2 Å². The lowest BCUT2D eigenvalue weighted by Crippen LogP contribution is -2.53. The molecule has 8 nitrogen and oxygen atoms in total. The fourth-order valence-corrected chi connectivity index (χ4v) is 7.06. The van der Waals surface area contributed by atoms with Crippen LogP contribution in [-0.2, 0) is 26.2 Å². The van der Waals surface area contributed by atoms with Gasteiger partial charge in [0.2, 0.25) is 11.8 Å². The number of ether oxygens (including phenoxy) is 1. The minimum atomic E-state index is -4.12. The van der Waals surface area contributed by atoms with Gasteiger partial charge in [-0.1, -0.05) is 75.6 Å². The summed E-state index contributed by atoms with van der Waals surface area (Å²) in [4.78, 5) is 29.6. The molecule has 1 unspecified atom stereocenters. The van der Waals surface area contributed by atoms with Gasteiger partial charge in [-0.3, -0.25) is 13.9 Å². The Morgan fingerprint density at radius 3 is 2.23 bits per heavy atom. The first kappa shape index (κ1) is 33.1. The van der Waals surface area contributed by atoms with Gasteiger partial charge in [-0.15, -0.1) is 0 Å². The number of anilines is 1. The number of carbonyl (C=O) groups is 2. The summed E-state index contributed by atoms with van der Waals surface area (Å²) in [5.74, 6) is 0.205. The largest absolute Gasteiger partial charge is 0.497 e. The molecular formula is C35H45N3O5S. The molecular weight excluding hydrogens is 574 g/mol. The van der Waals surface area contributed by atoms with Gasteiger partial charge in [0.25, 0.3) is 10.0 Å². The van der Waals surface area contributed by atoms with Crippen LogP contribution in [0.25, 0.3) is 0 Å². The van der Waals surface area contributed by atoms with Crippen LogP contribution < -0.4 is 14.4 Å². The molecule has 0 heterocycles. The molecule has 9 heteroatoms. The summed E-state index contributed by atoms with van der Waals surface area (Å²) in [6.45, 7) is 7.55. The maximum absolute atomic E-state index is 14.3. The Labute approximate surface area is 262 Å². The molecule has 236 valence electrons. The van der Waals surface area contributed by atoms with Gasteiger partial charge >= 0.3 is 0 Å². The third-order valence-corrected chi connectivity index (χ3v) is 10.1. The maximum Gasteiger partial charge on any atom is 0.264 e. The molecule has 3 aromatic rings. The minimum Gasteiger partial charge on any atom is -0.497 e. The number of rotatable bonds is 13. The van der Waals surface area contributed by atoms with Crippen LogP contribution in [0.5, 0.6) is 5.75 Å². The summed E-state index contributed by atoms with van der Waals surface area (Å²) in [6, 6.07) is 20.5. The molecule has 0 spiro atoms. The molecule has 0 aromatic heterocycles. The molecule has 3 aromatic carbocycles. The number of hydrogen-bond donors (Lipinski definition) is 1. The van der Waals surface area contributed by atoms with Crippen LogP contribution in [-0.4, -0.2) is 50.9 Å². The van der Waals surface area contributed by atoms with E-state index in [4.69, 9.17) is 4.74 Å². The van der Waals surface area contributed by atoms with Crippen molar-refractivity contribution < 1.29 is 22.7 Å². The highest BCUT2D eigenvalue weighted by Gasteiger charge is 2.34. The molecule has 0 saturated heterocycles. The first-order valence-electron chi connectivity index (χ1n) is 15.5. The molecule has 2 amide bonds. The van der Waals surface area contributed by atoms with Crippen LogP contribution in [0.3, 0.4) is 0 Å². The number of sulfonamides is 1. The predicted molar refractivity (Wildman–Crippen MR) is 174 cm³/mol. The molecule has 0 radical (unpaired) electrons. The van der Waals surface area contributed by atoms with Crippen molar-refractivity contribution in [2.45, 2.75) is 89.2 Å². The number of aryl methyl sites for hydroxylation is 1. The second kappa shape index (κ2) is 14.8. The second-order valence-electron chi connectivity index (χ2n) is 11.9. The third kappa shape index (κ3) is 8.00. The van der Waals surface area contributed by atoms with Gasteiger partial charge in [0, 0.05) is 12.6 Å². The minimum absolute atomic E-state index is 0.0863. The number of carbonyl (C=O) groups excluding carboxylic acids is 2. The van der Waals surface area contributed by atoms with Crippen molar-refractivity contribution in [2.75, 3.05) is 18.0 Å². The number of nitrogens with zero attached hydrogens (tertiary/aromatic N) is 2. The summed E-state index contributed by atoms with van der Waals surface area (Å²) in [5, 5.41) is 3.15. The molecule has 1 aliphatic rings. The summed E-state index contributed by atoms with van der Waals surface area (Å²) >= 11 is 0. The monoisotopic (exact) mass is 619 g/mol. The lowest BCUT2D eigenvalue weighted by molar-refractivity contribution is -0.140. The molecule has 1 saturated carbocycles. The first-order valence-corrected chi connectivity index (χ1v) is 16.9. The standard InChI is InChI=1S/C35H45N3O5S/c1-6-33(35(40)36-29-11-7-8-12-29)37(23-27-10-9-13-31(22-27)43-5)34(39)24-38(30-18-16-28(17-19-30)25(2)3)44(41,42)32-20-14-26(4)15-21-32/h9-10,13-22,25,29,33H,6-8,11-12,23-24H2,1-5H3,(H,36,40). The van der Waals surface area contributed by atoms with E-state index in [0.717, 1.165) is 46.7 Å². The van der Waals surface area contributed by atoms with Crippen molar-refractivity contribution in [1.82, 2.24) is 10.2 Å². The average Bonchev–Trinajstić information content (AvgIpc) is 3.53. The number of amides is 2. The zero-order chi connectivity index (χ0) is 31.9. The Morgan fingerprint density at radius 2 is 1.64 bits per heavy atom. The van der Waals surface area contributed by atoms with Crippen molar-refractivity contribution in [1.29, 1.82) is 0 Å². The second-order valence-corrected chi connectivity index (χ2v) is 13.7. The molecule has 0 bridgehead atoms. The molecule has 1 N–H and O–H groups in total. The number of benzene rings is 3. The van der Waals surface area contributed by atoms with E-state index in [1.807, 2.05) is 50.2 Å². The van der Waals surface area contributed by atoms with Crippen molar-refractivity contribution in [3.8, 4) is 5.75 Å². The van der Waals surface area contributed by atoms with Crippen LogP contribution in [0.4, 0.5) is 5.69 Å². The average molecular weight is 620 g/mol. The van der Waals surface area contributed by atoms with Gasteiger partial charge in [0.05, 0.1) is 17.7 Å². The molecule has 4 rings (SSSR count). The highest BCUT2D eigenvalue weighted by Crippen LogP contribution is 2.27. The SMILES string of the molecule is CCC(C(=O)NC1CCCC1)N(Cc1cccc(OC)c1)C(=O)CN(c1ccc(C(C)C)cc1)S(=O)(=O)c1ccc(C)cc1. The number of nitrogens with one attached hydrogen (secondary N) is 1. The van der Waals surface area contributed by atoms with Crippen molar-refractivity contribution in [2.24, 2.45) is 0 Å². The molecule has 0 aliphatic heterocycles. The van der Waals surface area contributed by atoms with Gasteiger partial charge in [0.1, 0.15) is 18.3 Å². The van der Waals surface area contributed by atoms with E-state index < -0.39 is 28.5 Å². The summed E-state index contributed by atoms with van der Waals surface area (Å²) in [5.41, 5.74) is 3.14. The maximum atomic E-state index is 14.3. The van der Waals surface area contributed by atoms with Gasteiger partial charge in [0.15, 0.2) is 0 Å². The van der Waals surface area contributed by atoms with Crippen molar-refractivity contribution >= 4 is 27.5 Å². The highest BCUT2D eigenvalue weighted by atomic mass is 32.2. The molecule has 1 atom stereocenters. The van der Waals surface area contributed by atoms with E-state index >= 15 is 0 Å². The van der Waals surface area contributed by atoms with Gasteiger partial charge in [-0.25, -0.2) is 8.42 Å². The lowest BCUT2D eigenvalue weighted by atomic mass is 10.0. The topological polar surface area (TPSA) is 96.0 Å². The zero-order valence-electron chi connectivity index (χ0n) is 26.5. The van der Waals surface area contributed by atoms with Gasteiger partial charge in [-0.2, -0.15) is 0 Å². The van der Waals surface area contributed by atoms with E-state index in [1.165, 1.54) is 4.90 Å². The van der Waals surface area contributed by atoms with E-state index in [1.54, 1.807) is 43.5 Å². The van der Waals surface area contributed by atoms with Crippen LogP contribution >= 0.6 is 0 Å². The van der Waals surface area contributed by atoms with Crippen LogP contribution in [0, 0.1) is 6.92 Å². The Morgan fingerprint density at radius 1 is 0.977 bits per heavy atom. The van der Waals surface area contributed by atoms with E-state index in [0.29, 0.717) is 17.9 Å². The first-order chi connectivity index (χ1) is 21.0. The number of methoxy groups -OCH3 is 1. The fraction of sp³-hybridized carbons (Fsp3) is 0.429. The lowest BCUT2D eigenvalue weighted by Gasteiger charge is -2.34. The zero-order valence-corrected chi connectivity index (χ0v) is 27.3. The van der Waals surface area contributed by atoms with Crippen molar-refractivity contribution in [3.05, 3.63) is 89.5 Å². The van der Waals surface area contributed by atoms with Crippen LogP contribution in [0.15, 0.2) is 77.7 Å². The predicted octanol–water partition coefficient (Wildman–Crippen LogP) is 6.19. The normalized spacial score (nSPS) is 14.3. The molecule has 44 heavy (non-hydrogen) atoms. The summed E-state index contributed by atoms with van der Waals surface area (Å²) in [7, 11) is -2.55. The van der Waals surface area contributed by atoms with Crippen molar-refractivity contribution in [3.63, 3.8) is 0 Å². The van der Waals surface area contributed by atoms with Gasteiger partial charge in [-0.05, 0) is 79.6 Å². The Bertz CT molecular complexity index is 1510. The van der Waals surface area contributed by atoms with E-state index in [-0.39, 0.29) is 29.3 Å². The summed E-state index contributed by atoms with van der Waals surface area (Å²) < 4.78 is 34.8. The Balaban J connectivity index is 1.73. The molecule has 1 aliphatic carbocycles. The summed E-state index contributed by atoms with van der Waals surface area (Å²) in [6.07, 6.45) is 4.34.